The number of amides is 1. The molecule has 2 aromatic carbocycles. The van der Waals surface area contributed by atoms with Gasteiger partial charge in [0.15, 0.2) is 0 Å². The number of nitrogens with zero attached hydrogens (tertiary/aromatic N) is 2. The molecule has 164 valence electrons. The van der Waals surface area contributed by atoms with Crippen molar-refractivity contribution in [1.29, 1.82) is 0 Å². The van der Waals surface area contributed by atoms with E-state index in [1.165, 1.54) is 23.5 Å². The number of methoxy groups -OCH3 is 1. The zero-order chi connectivity index (χ0) is 22.1. The van der Waals surface area contributed by atoms with Crippen LogP contribution in [0, 0.1) is 0 Å². The van der Waals surface area contributed by atoms with E-state index in [1.54, 1.807) is 31.4 Å². The van der Waals surface area contributed by atoms with Crippen molar-refractivity contribution in [2.75, 3.05) is 26.7 Å². The summed E-state index contributed by atoms with van der Waals surface area (Å²) in [6.07, 6.45) is 3.61. The quantitative estimate of drug-likeness (QED) is 0.425. The molecule has 7 nitrogen and oxygen atoms in total. The van der Waals surface area contributed by atoms with Crippen LogP contribution < -0.4 is 15.8 Å². The molecule has 0 spiro atoms. The fourth-order valence-corrected chi connectivity index (χ4v) is 3.54. The highest BCUT2D eigenvalue weighted by Gasteiger charge is 2.18. The minimum atomic E-state index is -0.510. The number of β-amino-alcohol motifs (C(OH)–C–C–N with tert-alkyl or cyclic N) is 1. The minimum absolute atomic E-state index is 0.262. The van der Waals surface area contributed by atoms with Gasteiger partial charge in [0.1, 0.15) is 5.75 Å². The Hall–Kier alpha value is -3.16. The molecule has 1 atom stereocenters. The smallest absolute Gasteiger partial charge is 0.254 e. The summed E-state index contributed by atoms with van der Waals surface area (Å²) in [5, 5.41) is 13.2. The Morgan fingerprint density at radius 2 is 2.00 bits per heavy atom. The van der Waals surface area contributed by atoms with Crippen LogP contribution in [0.4, 0.5) is 5.69 Å². The van der Waals surface area contributed by atoms with Crippen molar-refractivity contribution < 1.29 is 14.6 Å². The Kier molecular flexibility index (Phi) is 8.20. The van der Waals surface area contributed by atoms with E-state index in [1.807, 2.05) is 0 Å². The van der Waals surface area contributed by atoms with Crippen molar-refractivity contribution in [3.63, 3.8) is 0 Å². The summed E-state index contributed by atoms with van der Waals surface area (Å²) in [5.41, 5.74) is 9.25. The zero-order valence-corrected chi connectivity index (χ0v) is 17.8. The van der Waals surface area contributed by atoms with Gasteiger partial charge in [0.25, 0.3) is 5.91 Å². The first kappa shape index (κ1) is 22.5. The second-order valence-electron chi connectivity index (χ2n) is 7.53. The Morgan fingerprint density at radius 1 is 1.26 bits per heavy atom. The van der Waals surface area contributed by atoms with E-state index in [4.69, 9.17) is 10.5 Å². The number of hydrogen-bond acceptors (Lipinski definition) is 6. The Morgan fingerprint density at radius 3 is 2.71 bits per heavy atom. The fraction of sp³-hybridized carbons (Fsp3) is 0.333. The lowest BCUT2D eigenvalue weighted by atomic mass is 9.99. The predicted octanol–water partition coefficient (Wildman–Crippen LogP) is 2.17. The highest BCUT2D eigenvalue weighted by Crippen LogP contribution is 2.19. The Bertz CT molecular complexity index is 925. The normalized spacial score (nSPS) is 15.5. The van der Waals surface area contributed by atoms with Crippen LogP contribution in [-0.2, 0) is 17.8 Å². The molecule has 0 fully saturated rings. The summed E-state index contributed by atoms with van der Waals surface area (Å²) in [7, 11) is 1.60. The van der Waals surface area contributed by atoms with E-state index in [-0.39, 0.29) is 11.5 Å². The average molecular weight is 423 g/mol. The number of rotatable bonds is 9. The van der Waals surface area contributed by atoms with Gasteiger partial charge < -0.3 is 20.9 Å². The van der Waals surface area contributed by atoms with Crippen LogP contribution in [0.15, 0.2) is 65.3 Å². The van der Waals surface area contributed by atoms with Crippen molar-refractivity contribution in [3.05, 3.63) is 71.4 Å². The van der Waals surface area contributed by atoms with Crippen molar-refractivity contribution in [1.82, 2.24) is 10.2 Å². The lowest BCUT2D eigenvalue weighted by Crippen LogP contribution is -2.38. The number of carbonyl (C=O) groups is 1. The van der Waals surface area contributed by atoms with Gasteiger partial charge in [-0.3, -0.25) is 14.7 Å². The molecular weight excluding hydrogens is 392 g/mol. The third-order valence-corrected chi connectivity index (χ3v) is 5.31. The molecule has 3 rings (SSSR count). The summed E-state index contributed by atoms with van der Waals surface area (Å²) < 4.78 is 5.11. The molecule has 31 heavy (non-hydrogen) atoms. The molecule has 0 aromatic heterocycles. The molecule has 1 aliphatic rings. The average Bonchev–Trinajstić information content (AvgIpc) is 2.79. The van der Waals surface area contributed by atoms with Crippen LogP contribution in [-0.4, -0.2) is 55.0 Å². The molecule has 2 aromatic rings. The highest BCUT2D eigenvalue weighted by atomic mass is 16.5. The molecule has 0 saturated heterocycles. The molecule has 7 heteroatoms. The zero-order valence-electron chi connectivity index (χ0n) is 17.8. The number of hydrogen-bond donors (Lipinski definition) is 3. The monoisotopic (exact) mass is 422 g/mol. The number of benzene rings is 2. The first-order valence-corrected chi connectivity index (χ1v) is 10.4. The summed E-state index contributed by atoms with van der Waals surface area (Å²) in [5.74, 6) is 0.414. The molecule has 1 amide bonds. The first-order valence-electron chi connectivity index (χ1n) is 10.4. The van der Waals surface area contributed by atoms with Crippen LogP contribution in [0.2, 0.25) is 0 Å². The predicted molar refractivity (Wildman–Crippen MR) is 122 cm³/mol. The second kappa shape index (κ2) is 11.3. The largest absolute Gasteiger partial charge is 0.497 e. The van der Waals surface area contributed by atoms with Crippen LogP contribution in [0.1, 0.15) is 17.5 Å². The maximum absolute atomic E-state index is 12.3. The van der Waals surface area contributed by atoms with Gasteiger partial charge >= 0.3 is 0 Å². The topological polar surface area (TPSA) is 100 Å². The van der Waals surface area contributed by atoms with Gasteiger partial charge in [-0.1, -0.05) is 24.3 Å². The van der Waals surface area contributed by atoms with Gasteiger partial charge in [0.05, 0.1) is 24.5 Å². The molecule has 4 N–H and O–H groups in total. The number of aliphatic imine (C=N–C) groups is 1. The lowest BCUT2D eigenvalue weighted by Gasteiger charge is -2.30. The van der Waals surface area contributed by atoms with E-state index >= 15 is 0 Å². The maximum Gasteiger partial charge on any atom is 0.254 e. The summed E-state index contributed by atoms with van der Waals surface area (Å²) in [6.45, 7) is 2.73. The number of fused-ring (bicyclic) bond motifs is 1. The molecule has 0 aliphatic carbocycles. The number of ether oxygens (including phenoxy) is 1. The fourth-order valence-electron chi connectivity index (χ4n) is 3.54. The molecule has 0 radical (unpaired) electrons. The number of nitrogens with one attached hydrogen (secondary N) is 1. The van der Waals surface area contributed by atoms with Gasteiger partial charge in [-0.25, -0.2) is 0 Å². The van der Waals surface area contributed by atoms with Crippen LogP contribution in [0.3, 0.4) is 0 Å². The number of aliphatic hydroxyl groups is 1. The minimum Gasteiger partial charge on any atom is -0.497 e. The van der Waals surface area contributed by atoms with E-state index in [2.05, 4.69) is 39.5 Å². The molecule has 1 unspecified atom stereocenters. The standard InChI is InChI=1S/C24H30N4O3/c1-31-23-8-6-21(7-9-23)27-15-20(14-25)24(30)26-12-10-22(29)17-28-13-11-18-4-2-3-5-19(18)16-28/h2-9,14-15,22,29H,10-13,16-17,25H2,1H3,(H,26,30). The van der Waals surface area contributed by atoms with E-state index in [0.717, 1.165) is 25.3 Å². The number of aliphatic hydroxyl groups excluding tert-OH is 1. The molecule has 1 heterocycles. The maximum atomic E-state index is 12.3. The summed E-state index contributed by atoms with van der Waals surface area (Å²) in [4.78, 5) is 18.9. The van der Waals surface area contributed by atoms with Crippen molar-refractivity contribution in [3.8, 4) is 5.75 Å². The summed E-state index contributed by atoms with van der Waals surface area (Å²) >= 11 is 0. The first-order chi connectivity index (χ1) is 15.1. The van der Waals surface area contributed by atoms with Crippen molar-refractivity contribution >= 4 is 17.8 Å². The number of carbonyl (C=O) groups excluding carboxylic acids is 1. The van der Waals surface area contributed by atoms with E-state index < -0.39 is 6.10 Å². The van der Waals surface area contributed by atoms with Crippen LogP contribution in [0.25, 0.3) is 0 Å². The van der Waals surface area contributed by atoms with Crippen LogP contribution in [0.5, 0.6) is 5.75 Å². The molecule has 1 aliphatic heterocycles. The third-order valence-electron chi connectivity index (χ3n) is 5.31. The van der Waals surface area contributed by atoms with E-state index in [9.17, 15) is 9.90 Å². The van der Waals surface area contributed by atoms with Gasteiger partial charge in [-0.2, -0.15) is 0 Å². The lowest BCUT2D eigenvalue weighted by molar-refractivity contribution is -0.117. The molecule has 0 saturated carbocycles. The second-order valence-corrected chi connectivity index (χ2v) is 7.53. The van der Waals surface area contributed by atoms with Gasteiger partial charge in [-0.05, 0) is 48.2 Å². The Labute approximate surface area is 183 Å². The Balaban J connectivity index is 1.41. The van der Waals surface area contributed by atoms with Crippen molar-refractivity contribution in [2.24, 2.45) is 10.7 Å². The summed E-state index contributed by atoms with van der Waals surface area (Å²) in [6, 6.07) is 15.6. The highest BCUT2D eigenvalue weighted by molar-refractivity contribution is 6.12. The van der Waals surface area contributed by atoms with Crippen molar-refractivity contribution in [2.45, 2.75) is 25.5 Å². The van der Waals surface area contributed by atoms with Gasteiger partial charge in [-0.15, -0.1) is 0 Å². The third kappa shape index (κ3) is 6.67. The van der Waals surface area contributed by atoms with E-state index in [0.29, 0.717) is 25.2 Å². The van der Waals surface area contributed by atoms with Gasteiger partial charge in [0, 0.05) is 38.6 Å². The molecular formula is C24H30N4O3. The molecule has 0 bridgehead atoms. The SMILES string of the molecule is COc1ccc(N=CC(=CN)C(=O)NCCC(O)CN2CCc3ccccc3C2)cc1. The van der Waals surface area contributed by atoms with Crippen LogP contribution >= 0.6 is 0 Å². The number of nitrogens with two attached hydrogens (primary N) is 1. The van der Waals surface area contributed by atoms with Gasteiger partial charge in [0.2, 0.25) is 0 Å².